The first kappa shape index (κ1) is 19.4. The summed E-state index contributed by atoms with van der Waals surface area (Å²) in [5.41, 5.74) is 2.18. The van der Waals surface area contributed by atoms with E-state index in [-0.39, 0.29) is 5.69 Å². The SMILES string of the molecule is COCCNC(=NCc1ccc([N+](=O)[O-])cc1)N(C)Cc1ccccc1. The summed E-state index contributed by atoms with van der Waals surface area (Å²) in [7, 11) is 3.63. The standard InChI is InChI=1S/C19H24N4O3/c1-22(15-17-6-4-3-5-7-17)19(20-12-13-26-2)21-14-16-8-10-18(11-9-16)23(24)25/h3-11H,12-15H2,1-2H3,(H,20,21). The average Bonchev–Trinajstić information content (AvgIpc) is 2.65. The molecule has 0 heterocycles. The first-order chi connectivity index (χ1) is 12.6. The molecule has 2 aromatic carbocycles. The lowest BCUT2D eigenvalue weighted by Gasteiger charge is -2.22. The molecule has 1 N–H and O–H groups in total. The van der Waals surface area contributed by atoms with E-state index in [1.165, 1.54) is 17.7 Å². The van der Waals surface area contributed by atoms with Crippen LogP contribution in [0.5, 0.6) is 0 Å². The number of ether oxygens (including phenoxy) is 1. The molecule has 26 heavy (non-hydrogen) atoms. The van der Waals surface area contributed by atoms with Crippen LogP contribution in [0.4, 0.5) is 5.69 Å². The Morgan fingerprint density at radius 1 is 1.15 bits per heavy atom. The molecule has 2 rings (SSSR count). The van der Waals surface area contributed by atoms with Crippen molar-refractivity contribution < 1.29 is 9.66 Å². The number of hydrogen-bond donors (Lipinski definition) is 1. The van der Waals surface area contributed by atoms with Gasteiger partial charge in [0.2, 0.25) is 0 Å². The molecule has 7 nitrogen and oxygen atoms in total. The van der Waals surface area contributed by atoms with Gasteiger partial charge in [-0.25, -0.2) is 4.99 Å². The van der Waals surface area contributed by atoms with Crippen LogP contribution in [0.25, 0.3) is 0 Å². The third-order valence-corrected chi connectivity index (χ3v) is 3.77. The second kappa shape index (κ2) is 10.1. The molecule has 0 saturated carbocycles. The minimum absolute atomic E-state index is 0.0809. The third kappa shape index (κ3) is 6.18. The van der Waals surface area contributed by atoms with Crippen molar-refractivity contribution in [2.75, 3.05) is 27.3 Å². The highest BCUT2D eigenvalue weighted by molar-refractivity contribution is 5.79. The molecule has 0 aromatic heterocycles. The van der Waals surface area contributed by atoms with E-state index >= 15 is 0 Å². The van der Waals surface area contributed by atoms with E-state index in [0.29, 0.717) is 19.7 Å². The fourth-order valence-corrected chi connectivity index (χ4v) is 2.40. The van der Waals surface area contributed by atoms with Gasteiger partial charge in [-0.2, -0.15) is 0 Å². The topological polar surface area (TPSA) is 80.0 Å². The Balaban J connectivity index is 2.06. The number of nitro groups is 1. The van der Waals surface area contributed by atoms with Crippen molar-refractivity contribution in [3.8, 4) is 0 Å². The van der Waals surface area contributed by atoms with Gasteiger partial charge in [-0.15, -0.1) is 0 Å². The van der Waals surface area contributed by atoms with Gasteiger partial charge in [0, 0.05) is 39.4 Å². The van der Waals surface area contributed by atoms with Gasteiger partial charge in [-0.1, -0.05) is 42.5 Å². The van der Waals surface area contributed by atoms with Gasteiger partial charge in [0.1, 0.15) is 0 Å². The Labute approximate surface area is 153 Å². The summed E-state index contributed by atoms with van der Waals surface area (Å²) >= 11 is 0. The van der Waals surface area contributed by atoms with E-state index in [4.69, 9.17) is 4.74 Å². The molecule has 0 amide bonds. The minimum Gasteiger partial charge on any atom is -0.383 e. The predicted molar refractivity (Wildman–Crippen MR) is 102 cm³/mol. The van der Waals surface area contributed by atoms with Gasteiger partial charge in [-0.3, -0.25) is 10.1 Å². The largest absolute Gasteiger partial charge is 0.383 e. The van der Waals surface area contributed by atoms with Crippen LogP contribution in [0.1, 0.15) is 11.1 Å². The lowest BCUT2D eigenvalue weighted by Crippen LogP contribution is -2.40. The molecule has 0 aliphatic heterocycles. The van der Waals surface area contributed by atoms with Gasteiger partial charge in [0.05, 0.1) is 18.1 Å². The second-order valence-electron chi connectivity index (χ2n) is 5.82. The van der Waals surface area contributed by atoms with Crippen molar-refractivity contribution in [1.82, 2.24) is 10.2 Å². The van der Waals surface area contributed by atoms with Crippen molar-refractivity contribution in [3.63, 3.8) is 0 Å². The summed E-state index contributed by atoms with van der Waals surface area (Å²) in [6.45, 7) is 2.39. The van der Waals surface area contributed by atoms with Gasteiger partial charge in [0.15, 0.2) is 5.96 Å². The number of methoxy groups -OCH3 is 1. The number of nitrogens with zero attached hydrogens (tertiary/aromatic N) is 3. The maximum atomic E-state index is 10.7. The van der Waals surface area contributed by atoms with Crippen molar-refractivity contribution >= 4 is 11.6 Å². The summed E-state index contributed by atoms with van der Waals surface area (Å²) in [5.74, 6) is 0.754. The summed E-state index contributed by atoms with van der Waals surface area (Å²) in [6.07, 6.45) is 0. The zero-order valence-electron chi connectivity index (χ0n) is 15.1. The van der Waals surface area contributed by atoms with Gasteiger partial charge >= 0.3 is 0 Å². The molecule has 2 aromatic rings. The van der Waals surface area contributed by atoms with Gasteiger partial charge in [-0.05, 0) is 11.1 Å². The zero-order valence-corrected chi connectivity index (χ0v) is 15.1. The van der Waals surface area contributed by atoms with Crippen LogP contribution in [0, 0.1) is 10.1 Å². The summed E-state index contributed by atoms with van der Waals surface area (Å²) < 4.78 is 5.09. The molecule has 0 spiro atoms. The number of hydrogen-bond acceptors (Lipinski definition) is 4. The van der Waals surface area contributed by atoms with E-state index in [2.05, 4.69) is 22.4 Å². The summed E-state index contributed by atoms with van der Waals surface area (Å²) in [6, 6.07) is 16.6. The molecular formula is C19H24N4O3. The van der Waals surface area contributed by atoms with Crippen LogP contribution in [-0.2, 0) is 17.8 Å². The van der Waals surface area contributed by atoms with E-state index < -0.39 is 4.92 Å². The van der Waals surface area contributed by atoms with E-state index in [9.17, 15) is 10.1 Å². The van der Waals surface area contributed by atoms with Crippen LogP contribution >= 0.6 is 0 Å². The Kier molecular flexibility index (Phi) is 7.57. The normalized spacial score (nSPS) is 11.2. The van der Waals surface area contributed by atoms with Crippen molar-refractivity contribution in [2.24, 2.45) is 4.99 Å². The van der Waals surface area contributed by atoms with Crippen LogP contribution < -0.4 is 5.32 Å². The quantitative estimate of drug-likeness (QED) is 0.259. The van der Waals surface area contributed by atoms with Crippen molar-refractivity contribution in [3.05, 3.63) is 75.8 Å². The number of nitro benzene ring substituents is 1. The molecule has 7 heteroatoms. The number of guanidine groups is 1. The first-order valence-electron chi connectivity index (χ1n) is 8.36. The van der Waals surface area contributed by atoms with E-state index in [0.717, 1.165) is 18.1 Å². The lowest BCUT2D eigenvalue weighted by molar-refractivity contribution is -0.384. The number of nitrogens with one attached hydrogen (secondary N) is 1. The van der Waals surface area contributed by atoms with Crippen molar-refractivity contribution in [1.29, 1.82) is 0 Å². The molecule has 0 aliphatic carbocycles. The Morgan fingerprint density at radius 3 is 2.46 bits per heavy atom. The highest BCUT2D eigenvalue weighted by atomic mass is 16.6. The molecule has 0 aliphatic rings. The van der Waals surface area contributed by atoms with Crippen molar-refractivity contribution in [2.45, 2.75) is 13.1 Å². The highest BCUT2D eigenvalue weighted by Gasteiger charge is 2.08. The maximum absolute atomic E-state index is 10.7. The predicted octanol–water partition coefficient (Wildman–Crippen LogP) is 2.82. The molecule has 0 fully saturated rings. The lowest BCUT2D eigenvalue weighted by atomic mass is 10.2. The smallest absolute Gasteiger partial charge is 0.269 e. The molecule has 138 valence electrons. The molecule has 0 unspecified atom stereocenters. The number of benzene rings is 2. The van der Waals surface area contributed by atoms with E-state index in [1.54, 1.807) is 19.2 Å². The summed E-state index contributed by atoms with van der Waals surface area (Å²) in [5, 5.41) is 14.0. The zero-order chi connectivity index (χ0) is 18.8. The Hall–Kier alpha value is -2.93. The van der Waals surface area contributed by atoms with Crippen LogP contribution in [0.3, 0.4) is 0 Å². The van der Waals surface area contributed by atoms with Crippen LogP contribution in [-0.4, -0.2) is 43.1 Å². The molecule has 0 radical (unpaired) electrons. The minimum atomic E-state index is -0.404. The monoisotopic (exact) mass is 356 g/mol. The van der Waals surface area contributed by atoms with Crippen LogP contribution in [0.15, 0.2) is 59.6 Å². The van der Waals surface area contributed by atoms with Gasteiger partial charge < -0.3 is 15.0 Å². The fourth-order valence-electron chi connectivity index (χ4n) is 2.40. The second-order valence-corrected chi connectivity index (χ2v) is 5.82. The summed E-state index contributed by atoms with van der Waals surface area (Å²) in [4.78, 5) is 17.0. The Morgan fingerprint density at radius 2 is 1.85 bits per heavy atom. The van der Waals surface area contributed by atoms with E-state index in [1.807, 2.05) is 30.1 Å². The third-order valence-electron chi connectivity index (χ3n) is 3.77. The average molecular weight is 356 g/mol. The highest BCUT2D eigenvalue weighted by Crippen LogP contribution is 2.12. The number of rotatable bonds is 8. The molecule has 0 bridgehead atoms. The molecule has 0 saturated heterocycles. The van der Waals surface area contributed by atoms with Gasteiger partial charge in [0.25, 0.3) is 5.69 Å². The van der Waals surface area contributed by atoms with Crippen LogP contribution in [0.2, 0.25) is 0 Å². The maximum Gasteiger partial charge on any atom is 0.269 e. The number of non-ortho nitro benzene ring substituents is 1. The molecular weight excluding hydrogens is 332 g/mol. The number of aliphatic imine (C=N–C) groups is 1. The first-order valence-corrected chi connectivity index (χ1v) is 8.36. The Bertz CT molecular complexity index is 717. The fraction of sp³-hybridized carbons (Fsp3) is 0.316. The molecule has 0 atom stereocenters.